The highest BCUT2D eigenvalue weighted by Crippen LogP contribution is 2.21. The molecule has 0 radical (unpaired) electrons. The van der Waals surface area contributed by atoms with Crippen LogP contribution in [0, 0.1) is 0 Å². The van der Waals surface area contributed by atoms with Crippen molar-refractivity contribution in [3.05, 3.63) is 58.6 Å². The van der Waals surface area contributed by atoms with Gasteiger partial charge >= 0.3 is 0 Å². The number of benzene rings is 2. The lowest BCUT2D eigenvalue weighted by molar-refractivity contribution is -0.123. The van der Waals surface area contributed by atoms with Crippen LogP contribution in [-0.2, 0) is 14.8 Å². The molecule has 0 aromatic heterocycles. The number of nitrogens with zero attached hydrogens (tertiary/aromatic N) is 1. The molecule has 0 fully saturated rings. The zero-order valence-corrected chi connectivity index (χ0v) is 17.9. The van der Waals surface area contributed by atoms with Gasteiger partial charge in [-0.05, 0) is 55.8 Å². The second-order valence-electron chi connectivity index (χ2n) is 6.05. The summed E-state index contributed by atoms with van der Waals surface area (Å²) in [5.41, 5.74) is 1.55. The molecule has 1 atom stereocenters. The molecule has 6 nitrogen and oxygen atoms in total. The lowest BCUT2D eigenvalue weighted by Gasteiger charge is -2.20. The van der Waals surface area contributed by atoms with Crippen molar-refractivity contribution in [1.29, 1.82) is 0 Å². The third-order valence-corrected chi connectivity index (χ3v) is 5.73. The molecule has 2 rings (SSSR count). The first-order valence-corrected chi connectivity index (χ1v) is 11.1. The Bertz CT molecular complexity index is 868. The second kappa shape index (κ2) is 9.23. The molecular formula is C19H23BrN2O4S. The minimum Gasteiger partial charge on any atom is -0.484 e. The summed E-state index contributed by atoms with van der Waals surface area (Å²) in [4.78, 5) is 12.1. The van der Waals surface area contributed by atoms with E-state index in [1.54, 1.807) is 31.2 Å². The highest BCUT2D eigenvalue weighted by atomic mass is 79.9. The van der Waals surface area contributed by atoms with E-state index in [9.17, 15) is 13.2 Å². The van der Waals surface area contributed by atoms with Crippen molar-refractivity contribution in [1.82, 2.24) is 5.32 Å². The average molecular weight is 455 g/mol. The van der Waals surface area contributed by atoms with Gasteiger partial charge in [-0.25, -0.2) is 8.42 Å². The first-order chi connectivity index (χ1) is 12.7. The van der Waals surface area contributed by atoms with E-state index in [0.717, 1.165) is 16.3 Å². The Morgan fingerprint density at radius 1 is 1.15 bits per heavy atom. The van der Waals surface area contributed by atoms with Crippen LogP contribution in [-0.4, -0.2) is 33.7 Å². The molecule has 0 saturated heterocycles. The fraction of sp³-hybridized carbons (Fsp3) is 0.316. The summed E-state index contributed by atoms with van der Waals surface area (Å²) in [7, 11) is -3.32. The zero-order chi connectivity index (χ0) is 20.0. The van der Waals surface area contributed by atoms with Crippen LogP contribution in [0.3, 0.4) is 0 Å². The van der Waals surface area contributed by atoms with Crippen molar-refractivity contribution in [2.24, 2.45) is 0 Å². The molecule has 0 bridgehead atoms. The number of amides is 1. The van der Waals surface area contributed by atoms with E-state index in [1.807, 2.05) is 31.2 Å². The maximum atomic E-state index is 12.1. The summed E-state index contributed by atoms with van der Waals surface area (Å²) in [5.74, 6) is 0.260. The topological polar surface area (TPSA) is 75.7 Å². The first kappa shape index (κ1) is 21.2. The van der Waals surface area contributed by atoms with Crippen molar-refractivity contribution in [2.75, 3.05) is 23.7 Å². The number of halogens is 1. The highest BCUT2D eigenvalue weighted by Gasteiger charge is 2.15. The molecule has 8 heteroatoms. The van der Waals surface area contributed by atoms with Crippen molar-refractivity contribution < 1.29 is 17.9 Å². The van der Waals surface area contributed by atoms with Gasteiger partial charge in [-0.3, -0.25) is 9.10 Å². The van der Waals surface area contributed by atoms with Gasteiger partial charge in [-0.2, -0.15) is 0 Å². The van der Waals surface area contributed by atoms with Crippen molar-refractivity contribution in [2.45, 2.75) is 19.9 Å². The normalized spacial score (nSPS) is 12.3. The summed E-state index contributed by atoms with van der Waals surface area (Å²) in [6.07, 6.45) is 1.16. The Kier molecular flexibility index (Phi) is 7.26. The van der Waals surface area contributed by atoms with Gasteiger partial charge in [0, 0.05) is 11.0 Å². The summed E-state index contributed by atoms with van der Waals surface area (Å²) in [6.45, 7) is 3.89. The number of carbonyl (C=O) groups excluding carboxylic acids is 1. The molecule has 0 saturated carbocycles. The third-order valence-electron chi connectivity index (χ3n) is 3.93. The first-order valence-electron chi connectivity index (χ1n) is 8.46. The van der Waals surface area contributed by atoms with Crippen molar-refractivity contribution >= 4 is 37.5 Å². The molecule has 1 N–H and O–H groups in total. The Hall–Kier alpha value is -2.06. The van der Waals surface area contributed by atoms with Crippen LogP contribution in [0.15, 0.2) is 53.0 Å². The summed E-state index contributed by atoms with van der Waals surface area (Å²) >= 11 is 3.38. The van der Waals surface area contributed by atoms with E-state index in [2.05, 4.69) is 21.2 Å². The van der Waals surface area contributed by atoms with Gasteiger partial charge in [-0.1, -0.05) is 28.1 Å². The standard InChI is InChI=1S/C19H23BrN2O4S/c1-4-22(27(3,24)25)17-9-11-18(12-10-17)26-13-19(23)21-14(2)15-5-7-16(20)8-6-15/h5-12,14H,4,13H2,1-3H3,(H,21,23)/t14-/m1/s1. The molecule has 0 aliphatic heterocycles. The quantitative estimate of drug-likeness (QED) is 0.661. The number of ether oxygens (including phenoxy) is 1. The molecular weight excluding hydrogens is 432 g/mol. The summed E-state index contributed by atoms with van der Waals surface area (Å²) < 4.78 is 31.2. The average Bonchev–Trinajstić information content (AvgIpc) is 2.61. The van der Waals surface area contributed by atoms with Gasteiger partial charge in [0.25, 0.3) is 5.91 Å². The Balaban J connectivity index is 1.90. The van der Waals surface area contributed by atoms with E-state index < -0.39 is 10.0 Å². The lowest BCUT2D eigenvalue weighted by atomic mass is 10.1. The number of rotatable bonds is 8. The fourth-order valence-electron chi connectivity index (χ4n) is 2.58. The SMILES string of the molecule is CCN(c1ccc(OCC(=O)N[C@H](C)c2ccc(Br)cc2)cc1)S(C)(=O)=O. The molecule has 0 heterocycles. The number of hydrogen-bond donors (Lipinski definition) is 1. The van der Waals surface area contributed by atoms with Gasteiger partial charge in [-0.15, -0.1) is 0 Å². The smallest absolute Gasteiger partial charge is 0.258 e. The minimum atomic E-state index is -3.32. The van der Waals surface area contributed by atoms with Crippen LogP contribution in [0.2, 0.25) is 0 Å². The van der Waals surface area contributed by atoms with Crippen LogP contribution in [0.25, 0.3) is 0 Å². The molecule has 2 aromatic carbocycles. The van der Waals surface area contributed by atoms with Gasteiger partial charge in [0.2, 0.25) is 10.0 Å². The van der Waals surface area contributed by atoms with Gasteiger partial charge in [0.15, 0.2) is 6.61 Å². The molecule has 0 unspecified atom stereocenters. The Morgan fingerprint density at radius 2 is 1.74 bits per heavy atom. The number of hydrogen-bond acceptors (Lipinski definition) is 4. The molecule has 2 aromatic rings. The van der Waals surface area contributed by atoms with E-state index in [1.165, 1.54) is 4.31 Å². The van der Waals surface area contributed by atoms with Gasteiger partial charge < -0.3 is 10.1 Å². The van der Waals surface area contributed by atoms with E-state index in [0.29, 0.717) is 18.0 Å². The van der Waals surface area contributed by atoms with E-state index >= 15 is 0 Å². The number of anilines is 1. The Morgan fingerprint density at radius 3 is 2.26 bits per heavy atom. The highest BCUT2D eigenvalue weighted by molar-refractivity contribution is 9.10. The maximum Gasteiger partial charge on any atom is 0.258 e. The van der Waals surface area contributed by atoms with Gasteiger partial charge in [0.05, 0.1) is 18.0 Å². The summed E-state index contributed by atoms with van der Waals surface area (Å²) in [5, 5.41) is 2.88. The molecule has 146 valence electrons. The predicted octanol–water partition coefficient (Wildman–Crippen LogP) is 3.49. The van der Waals surface area contributed by atoms with Crippen LogP contribution < -0.4 is 14.4 Å². The third kappa shape index (κ3) is 6.25. The number of sulfonamides is 1. The molecule has 0 spiro atoms. The predicted molar refractivity (Wildman–Crippen MR) is 111 cm³/mol. The minimum absolute atomic E-state index is 0.121. The Labute approximate surface area is 168 Å². The van der Waals surface area contributed by atoms with Crippen molar-refractivity contribution in [3.63, 3.8) is 0 Å². The van der Waals surface area contributed by atoms with Crippen LogP contribution >= 0.6 is 15.9 Å². The second-order valence-corrected chi connectivity index (χ2v) is 8.87. The van der Waals surface area contributed by atoms with Gasteiger partial charge in [0.1, 0.15) is 5.75 Å². The van der Waals surface area contributed by atoms with Crippen LogP contribution in [0.5, 0.6) is 5.75 Å². The molecule has 0 aliphatic rings. The maximum absolute atomic E-state index is 12.1. The van der Waals surface area contributed by atoms with E-state index in [4.69, 9.17) is 4.74 Å². The zero-order valence-electron chi connectivity index (χ0n) is 15.5. The van der Waals surface area contributed by atoms with Crippen LogP contribution in [0.1, 0.15) is 25.5 Å². The number of carbonyl (C=O) groups is 1. The number of nitrogens with one attached hydrogen (secondary N) is 1. The molecule has 0 aliphatic carbocycles. The fourth-order valence-corrected chi connectivity index (χ4v) is 3.82. The largest absolute Gasteiger partial charge is 0.484 e. The lowest BCUT2D eigenvalue weighted by Crippen LogP contribution is -2.31. The monoisotopic (exact) mass is 454 g/mol. The van der Waals surface area contributed by atoms with Crippen molar-refractivity contribution in [3.8, 4) is 5.75 Å². The van der Waals surface area contributed by atoms with E-state index in [-0.39, 0.29) is 18.6 Å². The molecule has 27 heavy (non-hydrogen) atoms. The summed E-state index contributed by atoms with van der Waals surface area (Å²) in [6, 6.07) is 14.2. The van der Waals surface area contributed by atoms with Crippen LogP contribution in [0.4, 0.5) is 5.69 Å². The molecule has 1 amide bonds.